The molecule has 2 N–H and O–H groups in total. The highest BCUT2D eigenvalue weighted by molar-refractivity contribution is 6.13. The molecule has 6 heteroatoms. The van der Waals surface area contributed by atoms with Gasteiger partial charge in [-0.3, -0.25) is 9.59 Å². The van der Waals surface area contributed by atoms with Crippen LogP contribution in [0.4, 0.5) is 0 Å². The van der Waals surface area contributed by atoms with Gasteiger partial charge in [-0.15, -0.1) is 0 Å². The highest BCUT2D eigenvalue weighted by atomic mass is 16.5. The fourth-order valence-corrected chi connectivity index (χ4v) is 6.76. The zero-order chi connectivity index (χ0) is 34.8. The molecule has 8 aromatic carbocycles. The average Bonchev–Trinajstić information content (AvgIpc) is 3.17. The molecule has 244 valence electrons. The Labute approximate surface area is 288 Å². The van der Waals surface area contributed by atoms with Crippen molar-refractivity contribution in [2.75, 3.05) is 14.2 Å². The van der Waals surface area contributed by atoms with Crippen molar-refractivity contribution in [2.45, 2.75) is 0 Å². The molecule has 8 rings (SSSR count). The van der Waals surface area contributed by atoms with Crippen LogP contribution in [0.3, 0.4) is 0 Å². The van der Waals surface area contributed by atoms with Gasteiger partial charge in [-0.1, -0.05) is 109 Å². The lowest BCUT2D eigenvalue weighted by Crippen LogP contribution is -1.94. The predicted octanol–water partition coefficient (Wildman–Crippen LogP) is 10.4. The third kappa shape index (κ3) is 5.43. The SMILES string of the molecule is COc1ccc2ccccc2c1-c1c(O)c(C=O)cc2ccccc12.COc1ccc2ccccc2c1-c1c(O)c(C=O)cc2ccccc12. The van der Waals surface area contributed by atoms with Gasteiger partial charge in [-0.05, 0) is 67.4 Å². The van der Waals surface area contributed by atoms with Gasteiger partial charge >= 0.3 is 0 Å². The first-order valence-electron chi connectivity index (χ1n) is 16.0. The number of ether oxygens (including phenoxy) is 2. The summed E-state index contributed by atoms with van der Waals surface area (Å²) in [5.41, 5.74) is 3.35. The van der Waals surface area contributed by atoms with Gasteiger partial charge in [0.1, 0.15) is 23.0 Å². The van der Waals surface area contributed by atoms with Crippen LogP contribution in [0.5, 0.6) is 23.0 Å². The first-order chi connectivity index (χ1) is 24.5. The molecule has 0 spiro atoms. The first-order valence-corrected chi connectivity index (χ1v) is 16.0. The molecule has 0 saturated carbocycles. The third-order valence-corrected chi connectivity index (χ3v) is 9.08. The van der Waals surface area contributed by atoms with Crippen LogP contribution in [0.25, 0.3) is 65.3 Å². The molecule has 50 heavy (non-hydrogen) atoms. The molecule has 6 nitrogen and oxygen atoms in total. The van der Waals surface area contributed by atoms with Gasteiger partial charge in [-0.25, -0.2) is 0 Å². The summed E-state index contributed by atoms with van der Waals surface area (Å²) in [4.78, 5) is 23.0. The molecular weight excluding hydrogens is 624 g/mol. The van der Waals surface area contributed by atoms with Crippen molar-refractivity contribution < 1.29 is 29.3 Å². The maximum Gasteiger partial charge on any atom is 0.153 e. The van der Waals surface area contributed by atoms with Crippen LogP contribution >= 0.6 is 0 Å². The normalized spacial score (nSPS) is 10.9. The molecule has 0 unspecified atom stereocenters. The number of benzene rings is 8. The number of hydrogen-bond acceptors (Lipinski definition) is 6. The Bertz CT molecular complexity index is 2410. The van der Waals surface area contributed by atoms with Gasteiger partial charge in [0.2, 0.25) is 0 Å². The van der Waals surface area contributed by atoms with Gasteiger partial charge in [0, 0.05) is 22.3 Å². The van der Waals surface area contributed by atoms with E-state index >= 15 is 0 Å². The number of methoxy groups -OCH3 is 2. The maximum atomic E-state index is 11.5. The number of phenols is 2. The average molecular weight is 657 g/mol. The Kier molecular flexibility index (Phi) is 8.59. The Hall–Kier alpha value is -6.66. The van der Waals surface area contributed by atoms with Gasteiger partial charge in [0.15, 0.2) is 12.6 Å². The number of rotatable bonds is 6. The summed E-state index contributed by atoms with van der Waals surface area (Å²) in [6, 6.07) is 42.5. The molecule has 0 amide bonds. The second kappa shape index (κ2) is 13.5. The second-order valence-corrected chi connectivity index (χ2v) is 11.8. The van der Waals surface area contributed by atoms with Crippen molar-refractivity contribution in [3.8, 4) is 45.3 Å². The van der Waals surface area contributed by atoms with Crippen LogP contribution in [0, 0.1) is 0 Å². The lowest BCUT2D eigenvalue weighted by Gasteiger charge is -2.17. The molecule has 0 aliphatic rings. The first kappa shape index (κ1) is 31.9. The van der Waals surface area contributed by atoms with Crippen LogP contribution in [0.15, 0.2) is 133 Å². The van der Waals surface area contributed by atoms with Gasteiger partial charge in [0.05, 0.1) is 25.3 Å². The molecular formula is C44H32O6. The lowest BCUT2D eigenvalue weighted by molar-refractivity contribution is 0.111. The Balaban J connectivity index is 0.000000157. The van der Waals surface area contributed by atoms with E-state index in [2.05, 4.69) is 0 Å². The number of phenolic OH excluding ortho intramolecular Hbond substituents is 2. The summed E-state index contributed by atoms with van der Waals surface area (Å²) in [5, 5.41) is 29.2. The number of fused-ring (bicyclic) bond motifs is 4. The van der Waals surface area contributed by atoms with Crippen LogP contribution < -0.4 is 9.47 Å². The number of carbonyl (C=O) groups excluding carboxylic acids is 2. The fourth-order valence-electron chi connectivity index (χ4n) is 6.76. The van der Waals surface area contributed by atoms with E-state index < -0.39 is 0 Å². The summed E-state index contributed by atoms with van der Waals surface area (Å²) in [6.07, 6.45) is 1.37. The van der Waals surface area contributed by atoms with Crippen molar-refractivity contribution in [1.29, 1.82) is 0 Å². The second-order valence-electron chi connectivity index (χ2n) is 11.8. The predicted molar refractivity (Wildman–Crippen MR) is 201 cm³/mol. The van der Waals surface area contributed by atoms with Crippen molar-refractivity contribution in [3.05, 3.63) is 145 Å². The standard InChI is InChI=1S/2C22H16O3/c2*1-25-19-11-10-14-6-2-4-8-17(14)20(19)21-18-9-5-3-7-15(18)12-16(13-23)22(21)24/h2*2-13,24H,1H3. The van der Waals surface area contributed by atoms with Crippen molar-refractivity contribution in [1.82, 2.24) is 0 Å². The Morgan fingerprint density at radius 2 is 0.740 bits per heavy atom. The molecule has 0 aliphatic heterocycles. The van der Waals surface area contributed by atoms with E-state index in [0.29, 0.717) is 35.2 Å². The summed E-state index contributed by atoms with van der Waals surface area (Å²) in [6.45, 7) is 0. The van der Waals surface area contributed by atoms with E-state index in [1.807, 2.05) is 121 Å². The summed E-state index contributed by atoms with van der Waals surface area (Å²) in [7, 11) is 3.22. The quantitative estimate of drug-likeness (QED) is 0.173. The minimum Gasteiger partial charge on any atom is -0.507 e. The van der Waals surface area contributed by atoms with Crippen LogP contribution in [-0.4, -0.2) is 37.0 Å². The Morgan fingerprint density at radius 1 is 0.420 bits per heavy atom. The van der Waals surface area contributed by atoms with E-state index in [1.165, 1.54) is 0 Å². The van der Waals surface area contributed by atoms with E-state index in [4.69, 9.17) is 9.47 Å². The molecule has 0 saturated heterocycles. The van der Waals surface area contributed by atoms with Gasteiger partial charge < -0.3 is 19.7 Å². The molecule has 0 atom stereocenters. The zero-order valence-electron chi connectivity index (χ0n) is 27.4. The number of aldehydes is 2. The Morgan fingerprint density at radius 3 is 1.08 bits per heavy atom. The zero-order valence-corrected chi connectivity index (χ0v) is 27.4. The molecule has 8 aromatic rings. The van der Waals surface area contributed by atoms with E-state index in [9.17, 15) is 19.8 Å². The van der Waals surface area contributed by atoms with Crippen LogP contribution in [0.2, 0.25) is 0 Å². The summed E-state index contributed by atoms with van der Waals surface area (Å²) >= 11 is 0. The lowest BCUT2D eigenvalue weighted by atomic mass is 9.90. The number of aromatic hydroxyl groups is 2. The van der Waals surface area contributed by atoms with Crippen molar-refractivity contribution in [3.63, 3.8) is 0 Å². The summed E-state index contributed by atoms with van der Waals surface area (Å²) < 4.78 is 11.2. The van der Waals surface area contributed by atoms with E-state index in [0.717, 1.165) is 54.2 Å². The van der Waals surface area contributed by atoms with Crippen molar-refractivity contribution >= 4 is 55.7 Å². The van der Waals surface area contributed by atoms with Gasteiger partial charge in [-0.2, -0.15) is 0 Å². The topological polar surface area (TPSA) is 93.1 Å². The van der Waals surface area contributed by atoms with Crippen LogP contribution in [-0.2, 0) is 0 Å². The molecule has 0 heterocycles. The highest BCUT2D eigenvalue weighted by Gasteiger charge is 2.21. The molecule has 0 bridgehead atoms. The van der Waals surface area contributed by atoms with Crippen molar-refractivity contribution in [2.24, 2.45) is 0 Å². The summed E-state index contributed by atoms with van der Waals surface area (Å²) in [5.74, 6) is 1.26. The fraction of sp³-hybridized carbons (Fsp3) is 0.0455. The minimum absolute atomic E-state index is 0.0247. The smallest absolute Gasteiger partial charge is 0.153 e. The number of hydrogen-bond donors (Lipinski definition) is 2. The molecule has 0 radical (unpaired) electrons. The largest absolute Gasteiger partial charge is 0.507 e. The van der Waals surface area contributed by atoms with E-state index in [1.54, 1.807) is 26.4 Å². The van der Waals surface area contributed by atoms with E-state index in [-0.39, 0.29) is 22.6 Å². The highest BCUT2D eigenvalue weighted by Crippen LogP contribution is 2.47. The number of carbonyl (C=O) groups is 2. The molecule has 0 aliphatic carbocycles. The van der Waals surface area contributed by atoms with Crippen LogP contribution in [0.1, 0.15) is 20.7 Å². The molecule has 0 fully saturated rings. The van der Waals surface area contributed by atoms with Gasteiger partial charge in [0.25, 0.3) is 0 Å². The minimum atomic E-state index is -0.0247. The third-order valence-electron chi connectivity index (χ3n) is 9.08. The monoisotopic (exact) mass is 656 g/mol. The maximum absolute atomic E-state index is 11.5. The molecule has 0 aromatic heterocycles.